The fourth-order valence-electron chi connectivity index (χ4n) is 1.90. The van der Waals surface area contributed by atoms with E-state index in [1.54, 1.807) is 29.7 Å². The number of hydrogen-bond donors (Lipinski definition) is 2. The molecule has 0 amide bonds. The van der Waals surface area contributed by atoms with E-state index in [1.165, 1.54) is 6.07 Å². The Hall–Kier alpha value is -2.05. The number of nitrogens with one attached hydrogen (secondary N) is 2. The molecule has 2 N–H and O–H groups in total. The number of thiophene rings is 1. The van der Waals surface area contributed by atoms with Crippen LogP contribution in [-0.2, 0) is 13.1 Å². The molecule has 0 aliphatic heterocycles. The van der Waals surface area contributed by atoms with Crippen molar-refractivity contribution in [3.8, 4) is 10.4 Å². The Morgan fingerprint density at radius 3 is 2.85 bits per heavy atom. The maximum absolute atomic E-state index is 13.7. The van der Waals surface area contributed by atoms with Crippen LogP contribution < -0.4 is 5.32 Å². The van der Waals surface area contributed by atoms with Gasteiger partial charge in [-0.1, -0.05) is 18.2 Å². The van der Waals surface area contributed by atoms with Gasteiger partial charge in [0.2, 0.25) is 0 Å². The summed E-state index contributed by atoms with van der Waals surface area (Å²) in [6.07, 6.45) is 1.69. The predicted octanol–water partition coefficient (Wildman–Crippen LogP) is 2.96. The van der Waals surface area contributed by atoms with Crippen LogP contribution in [-0.4, -0.2) is 15.4 Å². The molecule has 0 unspecified atom stereocenters. The average Bonchev–Trinajstić information content (AvgIpc) is 3.11. The molecule has 0 spiro atoms. The summed E-state index contributed by atoms with van der Waals surface area (Å²) in [6.45, 7) is 1.38. The van der Waals surface area contributed by atoms with Gasteiger partial charge in [0.25, 0.3) is 0 Å². The van der Waals surface area contributed by atoms with E-state index in [0.717, 1.165) is 22.0 Å². The van der Waals surface area contributed by atoms with Crippen LogP contribution in [0.25, 0.3) is 10.4 Å². The minimum atomic E-state index is -0.184. The number of H-pyrrole nitrogens is 1. The van der Waals surface area contributed by atoms with Gasteiger partial charge >= 0.3 is 0 Å². The molecule has 2 heterocycles. The smallest absolute Gasteiger partial charge is 0.131 e. The third-order valence-electron chi connectivity index (χ3n) is 2.87. The first-order chi connectivity index (χ1) is 9.83. The van der Waals surface area contributed by atoms with Crippen molar-refractivity contribution in [3.63, 3.8) is 0 Å². The first kappa shape index (κ1) is 13.0. The minimum absolute atomic E-state index is 0.184. The predicted molar refractivity (Wildman–Crippen MR) is 76.6 cm³/mol. The van der Waals surface area contributed by atoms with Gasteiger partial charge in [-0.3, -0.25) is 0 Å². The fraction of sp³-hybridized carbons (Fsp3) is 0.143. The Bertz CT molecular complexity index is 678. The molecule has 6 heteroatoms. The summed E-state index contributed by atoms with van der Waals surface area (Å²) in [6, 6.07) is 10.8. The van der Waals surface area contributed by atoms with Gasteiger partial charge in [-0.2, -0.15) is 15.4 Å². The number of hydrogen-bond acceptors (Lipinski definition) is 4. The number of benzene rings is 1. The molecule has 102 valence electrons. The van der Waals surface area contributed by atoms with Crippen molar-refractivity contribution in [2.45, 2.75) is 13.1 Å². The zero-order valence-electron chi connectivity index (χ0n) is 10.6. The van der Waals surface area contributed by atoms with Gasteiger partial charge in [0, 0.05) is 28.4 Å². The molecule has 20 heavy (non-hydrogen) atoms. The first-order valence-corrected chi connectivity index (χ1v) is 7.03. The second-order valence-electron chi connectivity index (χ2n) is 4.31. The van der Waals surface area contributed by atoms with E-state index in [9.17, 15) is 4.39 Å². The molecule has 0 bridgehead atoms. The van der Waals surface area contributed by atoms with Crippen molar-refractivity contribution in [2.24, 2.45) is 0 Å². The molecule has 4 nitrogen and oxygen atoms in total. The molecular formula is C14H13FN4S. The average molecular weight is 288 g/mol. The Balaban J connectivity index is 1.64. The zero-order valence-corrected chi connectivity index (χ0v) is 11.5. The summed E-state index contributed by atoms with van der Waals surface area (Å²) in [4.78, 5) is 2.10. The van der Waals surface area contributed by atoms with Crippen molar-refractivity contribution >= 4 is 11.3 Å². The summed E-state index contributed by atoms with van der Waals surface area (Å²) in [5.74, 6) is -0.184. The highest BCUT2D eigenvalue weighted by molar-refractivity contribution is 7.15. The van der Waals surface area contributed by atoms with Crippen LogP contribution in [0.5, 0.6) is 0 Å². The van der Waals surface area contributed by atoms with Crippen LogP contribution in [0.1, 0.15) is 10.6 Å². The van der Waals surface area contributed by atoms with E-state index in [0.29, 0.717) is 12.1 Å². The van der Waals surface area contributed by atoms with Crippen LogP contribution in [0.15, 0.2) is 42.6 Å². The molecule has 0 saturated heterocycles. The zero-order chi connectivity index (χ0) is 13.8. The molecule has 0 aliphatic rings. The van der Waals surface area contributed by atoms with Crippen LogP contribution >= 0.6 is 11.3 Å². The molecular weight excluding hydrogens is 275 g/mol. The van der Waals surface area contributed by atoms with E-state index in [4.69, 9.17) is 0 Å². The van der Waals surface area contributed by atoms with Gasteiger partial charge in [-0.05, 0) is 18.2 Å². The maximum atomic E-state index is 13.7. The summed E-state index contributed by atoms with van der Waals surface area (Å²) in [7, 11) is 0. The van der Waals surface area contributed by atoms with Crippen molar-refractivity contribution < 1.29 is 4.39 Å². The highest BCUT2D eigenvalue weighted by Gasteiger charge is 2.07. The lowest BCUT2D eigenvalue weighted by atomic mass is 10.2. The van der Waals surface area contributed by atoms with Crippen LogP contribution in [0.3, 0.4) is 0 Å². The second kappa shape index (κ2) is 5.94. The lowest BCUT2D eigenvalue weighted by molar-refractivity contribution is 0.631. The number of nitrogens with zero attached hydrogens (tertiary/aromatic N) is 2. The summed E-state index contributed by atoms with van der Waals surface area (Å²) < 4.78 is 13.7. The molecule has 0 radical (unpaired) electrons. The van der Waals surface area contributed by atoms with Crippen LogP contribution in [0.2, 0.25) is 0 Å². The van der Waals surface area contributed by atoms with E-state index < -0.39 is 0 Å². The monoisotopic (exact) mass is 288 g/mol. The van der Waals surface area contributed by atoms with Gasteiger partial charge in [0.05, 0.1) is 11.9 Å². The summed E-state index contributed by atoms with van der Waals surface area (Å²) >= 11 is 1.59. The normalized spacial score (nSPS) is 10.8. The third-order valence-corrected chi connectivity index (χ3v) is 3.99. The summed E-state index contributed by atoms with van der Waals surface area (Å²) in [5.41, 5.74) is 1.52. The minimum Gasteiger partial charge on any atom is -0.306 e. The molecule has 1 aromatic carbocycles. The van der Waals surface area contributed by atoms with Crippen LogP contribution in [0, 0.1) is 5.82 Å². The number of rotatable bonds is 5. The quantitative estimate of drug-likeness (QED) is 0.759. The highest BCUT2D eigenvalue weighted by Crippen LogP contribution is 2.29. The first-order valence-electron chi connectivity index (χ1n) is 6.22. The van der Waals surface area contributed by atoms with Gasteiger partial charge < -0.3 is 5.32 Å². The Morgan fingerprint density at radius 2 is 2.05 bits per heavy atom. The van der Waals surface area contributed by atoms with Crippen LogP contribution in [0.4, 0.5) is 4.39 Å². The van der Waals surface area contributed by atoms with Gasteiger partial charge in [-0.15, -0.1) is 11.3 Å². The lowest BCUT2D eigenvalue weighted by Gasteiger charge is -2.00. The summed E-state index contributed by atoms with van der Waals surface area (Å²) in [5, 5.41) is 13.6. The molecule has 0 aliphatic carbocycles. The largest absolute Gasteiger partial charge is 0.306 e. The third kappa shape index (κ3) is 2.92. The number of aromatic nitrogens is 3. The molecule has 0 saturated carbocycles. The molecule has 0 atom stereocenters. The second-order valence-corrected chi connectivity index (χ2v) is 5.48. The Labute approximate surface area is 119 Å². The molecule has 2 aromatic heterocycles. The SMILES string of the molecule is Fc1ccccc1-c1ccc(CNCc2cn[nH]n2)s1. The van der Waals surface area contributed by atoms with Gasteiger partial charge in [-0.25, -0.2) is 4.39 Å². The number of halogens is 1. The van der Waals surface area contributed by atoms with Crippen molar-refractivity contribution in [3.05, 3.63) is 59.0 Å². The maximum Gasteiger partial charge on any atom is 0.131 e. The van der Waals surface area contributed by atoms with Gasteiger partial charge in [0.1, 0.15) is 5.82 Å². The molecule has 3 rings (SSSR count). The van der Waals surface area contributed by atoms with E-state index in [-0.39, 0.29) is 5.82 Å². The van der Waals surface area contributed by atoms with Gasteiger partial charge in [0.15, 0.2) is 0 Å². The van der Waals surface area contributed by atoms with E-state index >= 15 is 0 Å². The molecule has 3 aromatic rings. The fourth-order valence-corrected chi connectivity index (χ4v) is 2.91. The van der Waals surface area contributed by atoms with Crippen molar-refractivity contribution in [1.82, 2.24) is 20.7 Å². The standard InChI is InChI=1S/C14H13FN4S/c15-13-4-2-1-3-12(13)14-6-5-11(20-14)9-16-7-10-8-17-19-18-10/h1-6,8,16H,7,9H2,(H,17,18,19). The Kier molecular flexibility index (Phi) is 3.85. The van der Waals surface area contributed by atoms with E-state index in [2.05, 4.69) is 20.7 Å². The van der Waals surface area contributed by atoms with Crippen molar-refractivity contribution in [1.29, 1.82) is 0 Å². The lowest BCUT2D eigenvalue weighted by Crippen LogP contribution is -2.11. The molecule has 0 fully saturated rings. The number of aromatic amines is 1. The highest BCUT2D eigenvalue weighted by atomic mass is 32.1. The van der Waals surface area contributed by atoms with Crippen molar-refractivity contribution in [2.75, 3.05) is 0 Å². The topological polar surface area (TPSA) is 53.6 Å². The Morgan fingerprint density at radius 1 is 1.15 bits per heavy atom. The van der Waals surface area contributed by atoms with E-state index in [1.807, 2.05) is 18.2 Å².